The molecule has 1 aliphatic heterocycles. The van der Waals surface area contributed by atoms with E-state index in [-0.39, 0.29) is 17.9 Å². The minimum absolute atomic E-state index is 0.0575. The molecule has 0 spiro atoms. The highest BCUT2D eigenvalue weighted by Crippen LogP contribution is 2.23. The van der Waals surface area contributed by atoms with Crippen molar-refractivity contribution in [2.45, 2.75) is 78.8 Å². The minimum atomic E-state index is -0.207. The lowest BCUT2D eigenvalue weighted by atomic mass is 10.1. The first-order chi connectivity index (χ1) is 12.0. The van der Waals surface area contributed by atoms with E-state index in [4.69, 9.17) is 0 Å². The van der Waals surface area contributed by atoms with Crippen molar-refractivity contribution in [1.29, 1.82) is 0 Å². The third-order valence-electron chi connectivity index (χ3n) is 3.95. The highest BCUT2D eigenvalue weighted by Gasteiger charge is 2.36. The van der Waals surface area contributed by atoms with Crippen LogP contribution in [0.3, 0.4) is 0 Å². The summed E-state index contributed by atoms with van der Waals surface area (Å²) < 4.78 is 4.46. The van der Waals surface area contributed by atoms with Crippen LogP contribution in [0, 0.1) is 12.8 Å². The molecule has 2 heterocycles. The Balaban J connectivity index is 0.000000326. The molecule has 1 unspecified atom stereocenters. The SMILES string of the molecule is CC.CC(C)CC(=O)N1CCCC1C(=O)NC1CC1.Cc1ccon1. The van der Waals surface area contributed by atoms with Crippen molar-refractivity contribution in [1.82, 2.24) is 15.4 Å². The van der Waals surface area contributed by atoms with Crippen LogP contribution in [0.15, 0.2) is 16.9 Å². The number of carbonyl (C=O) groups excluding carboxylic acids is 2. The first-order valence-electron chi connectivity index (χ1n) is 9.44. The van der Waals surface area contributed by atoms with Crippen molar-refractivity contribution in [2.75, 3.05) is 6.54 Å². The summed E-state index contributed by atoms with van der Waals surface area (Å²) in [6.45, 7) is 10.7. The third kappa shape index (κ3) is 7.71. The molecule has 1 aromatic heterocycles. The minimum Gasteiger partial charge on any atom is -0.365 e. The van der Waals surface area contributed by atoms with Gasteiger partial charge in [0.2, 0.25) is 11.8 Å². The van der Waals surface area contributed by atoms with E-state index in [0.717, 1.165) is 37.9 Å². The largest absolute Gasteiger partial charge is 0.365 e. The van der Waals surface area contributed by atoms with E-state index < -0.39 is 0 Å². The number of hydrogen-bond acceptors (Lipinski definition) is 4. The molecule has 142 valence electrons. The zero-order chi connectivity index (χ0) is 18.8. The predicted molar refractivity (Wildman–Crippen MR) is 97.9 cm³/mol. The molecule has 0 radical (unpaired) electrons. The maximum Gasteiger partial charge on any atom is 0.243 e. The van der Waals surface area contributed by atoms with Gasteiger partial charge in [-0.2, -0.15) is 0 Å². The molecule has 1 aromatic rings. The van der Waals surface area contributed by atoms with Gasteiger partial charge in [0.25, 0.3) is 0 Å². The van der Waals surface area contributed by atoms with Crippen LogP contribution in [-0.4, -0.2) is 40.5 Å². The Labute approximate surface area is 151 Å². The van der Waals surface area contributed by atoms with Crippen LogP contribution in [-0.2, 0) is 9.59 Å². The topological polar surface area (TPSA) is 75.4 Å². The van der Waals surface area contributed by atoms with Crippen molar-refractivity contribution >= 4 is 11.8 Å². The Hall–Kier alpha value is -1.85. The Kier molecular flexibility index (Phi) is 9.24. The first kappa shape index (κ1) is 21.2. The van der Waals surface area contributed by atoms with E-state index in [0.29, 0.717) is 18.4 Å². The molecule has 2 fully saturated rings. The second-order valence-electron chi connectivity index (χ2n) is 6.77. The second-order valence-corrected chi connectivity index (χ2v) is 6.77. The lowest BCUT2D eigenvalue weighted by Gasteiger charge is -2.24. The fraction of sp³-hybridized carbons (Fsp3) is 0.737. The van der Waals surface area contributed by atoms with Crippen LogP contribution in [0.2, 0.25) is 0 Å². The molecule has 1 saturated carbocycles. The number of rotatable bonds is 4. The normalized spacial score (nSPS) is 18.8. The summed E-state index contributed by atoms with van der Waals surface area (Å²) in [5.74, 6) is 0.547. The number of carbonyl (C=O) groups is 2. The quantitative estimate of drug-likeness (QED) is 0.903. The molecule has 1 aliphatic carbocycles. The van der Waals surface area contributed by atoms with Crippen LogP contribution >= 0.6 is 0 Å². The Morgan fingerprint density at radius 3 is 2.44 bits per heavy atom. The molecule has 0 aromatic carbocycles. The van der Waals surface area contributed by atoms with Crippen LogP contribution in [0.4, 0.5) is 0 Å². The highest BCUT2D eigenvalue weighted by atomic mass is 16.5. The van der Waals surface area contributed by atoms with E-state index in [1.54, 1.807) is 17.2 Å². The number of nitrogens with zero attached hydrogens (tertiary/aromatic N) is 2. The molecule has 0 bridgehead atoms. The molecule has 3 rings (SSSR count). The van der Waals surface area contributed by atoms with Gasteiger partial charge >= 0.3 is 0 Å². The van der Waals surface area contributed by atoms with Gasteiger partial charge in [0, 0.05) is 25.1 Å². The summed E-state index contributed by atoms with van der Waals surface area (Å²) in [7, 11) is 0. The zero-order valence-corrected chi connectivity index (χ0v) is 16.2. The molecular weight excluding hydrogens is 318 g/mol. The first-order valence-corrected chi connectivity index (χ1v) is 9.44. The van der Waals surface area contributed by atoms with Crippen LogP contribution in [0.25, 0.3) is 0 Å². The highest BCUT2D eigenvalue weighted by molar-refractivity contribution is 5.88. The molecule has 1 atom stereocenters. The summed E-state index contributed by atoms with van der Waals surface area (Å²) in [6.07, 6.45) is 6.06. The lowest BCUT2D eigenvalue weighted by Crippen LogP contribution is -2.46. The fourth-order valence-electron chi connectivity index (χ4n) is 2.60. The molecule has 1 saturated heterocycles. The van der Waals surface area contributed by atoms with E-state index >= 15 is 0 Å². The maximum atomic E-state index is 12.0. The van der Waals surface area contributed by atoms with Gasteiger partial charge < -0.3 is 14.7 Å². The molecular formula is C19H33N3O3. The number of likely N-dealkylation sites (tertiary alicyclic amines) is 1. The summed E-state index contributed by atoms with van der Waals surface area (Å²) in [4.78, 5) is 25.8. The van der Waals surface area contributed by atoms with Crippen LogP contribution in [0.5, 0.6) is 0 Å². The number of amides is 2. The van der Waals surface area contributed by atoms with E-state index in [1.165, 1.54) is 0 Å². The lowest BCUT2D eigenvalue weighted by molar-refractivity contribution is -0.139. The van der Waals surface area contributed by atoms with Crippen LogP contribution in [0.1, 0.15) is 65.5 Å². The van der Waals surface area contributed by atoms with Gasteiger partial charge in [-0.3, -0.25) is 9.59 Å². The third-order valence-corrected chi connectivity index (χ3v) is 3.95. The average molecular weight is 351 g/mol. The Morgan fingerprint density at radius 1 is 1.32 bits per heavy atom. The van der Waals surface area contributed by atoms with Gasteiger partial charge in [0.15, 0.2) is 0 Å². The van der Waals surface area contributed by atoms with Gasteiger partial charge in [-0.15, -0.1) is 0 Å². The summed E-state index contributed by atoms with van der Waals surface area (Å²) in [6, 6.07) is 1.98. The standard InChI is InChI=1S/C13H22N2O2.C4H5NO.C2H6/c1-9(2)8-12(16)15-7-3-4-11(15)13(17)14-10-5-6-10;1-4-2-3-6-5-4;1-2/h9-11H,3-8H2,1-2H3,(H,14,17);2-3H,1H3;1-2H3. The number of aryl methyl sites for hydroxylation is 1. The van der Waals surface area contributed by atoms with Crippen molar-refractivity contribution in [3.63, 3.8) is 0 Å². The molecule has 6 nitrogen and oxygen atoms in total. The molecule has 6 heteroatoms. The Bertz CT molecular complexity index is 488. The Morgan fingerprint density at radius 2 is 2.00 bits per heavy atom. The van der Waals surface area contributed by atoms with Crippen molar-refractivity contribution in [2.24, 2.45) is 5.92 Å². The number of aromatic nitrogens is 1. The predicted octanol–water partition coefficient (Wildman–Crippen LogP) is 3.31. The second kappa shape index (κ2) is 10.9. The molecule has 2 amide bonds. The van der Waals surface area contributed by atoms with Gasteiger partial charge in [0.05, 0.1) is 5.69 Å². The summed E-state index contributed by atoms with van der Waals surface area (Å²) in [5.41, 5.74) is 0.926. The molecule has 25 heavy (non-hydrogen) atoms. The monoisotopic (exact) mass is 351 g/mol. The number of hydrogen-bond donors (Lipinski definition) is 1. The van der Waals surface area contributed by atoms with Gasteiger partial charge in [-0.05, 0) is 38.5 Å². The van der Waals surface area contributed by atoms with Crippen LogP contribution < -0.4 is 5.32 Å². The van der Waals surface area contributed by atoms with Gasteiger partial charge in [-0.25, -0.2) is 0 Å². The van der Waals surface area contributed by atoms with Crippen molar-refractivity contribution in [3.8, 4) is 0 Å². The number of nitrogens with one attached hydrogen (secondary N) is 1. The smallest absolute Gasteiger partial charge is 0.243 e. The van der Waals surface area contributed by atoms with Gasteiger partial charge in [-0.1, -0.05) is 32.9 Å². The van der Waals surface area contributed by atoms with Crippen molar-refractivity contribution < 1.29 is 14.1 Å². The van der Waals surface area contributed by atoms with E-state index in [2.05, 4.69) is 15.0 Å². The average Bonchev–Trinajstić information content (AvgIpc) is 3.04. The molecule has 2 aliphatic rings. The fourth-order valence-corrected chi connectivity index (χ4v) is 2.60. The summed E-state index contributed by atoms with van der Waals surface area (Å²) in [5, 5.41) is 6.54. The zero-order valence-electron chi connectivity index (χ0n) is 16.2. The maximum absolute atomic E-state index is 12.0. The van der Waals surface area contributed by atoms with Crippen molar-refractivity contribution in [3.05, 3.63) is 18.0 Å². The van der Waals surface area contributed by atoms with E-state index in [1.807, 2.05) is 34.6 Å². The summed E-state index contributed by atoms with van der Waals surface area (Å²) >= 11 is 0. The molecule has 1 N–H and O–H groups in total. The van der Waals surface area contributed by atoms with Gasteiger partial charge in [0.1, 0.15) is 12.3 Å². The van der Waals surface area contributed by atoms with E-state index in [9.17, 15) is 9.59 Å².